The fraction of sp³-hybridized carbons (Fsp3) is 0.500. The first-order valence-corrected chi connectivity index (χ1v) is 10.2. The molecule has 2 aromatic carbocycles. The largest absolute Gasteiger partial charge is 0.307 e. The van der Waals surface area contributed by atoms with E-state index >= 15 is 0 Å². The van der Waals surface area contributed by atoms with Crippen LogP contribution in [0.1, 0.15) is 54.8 Å². The Morgan fingerprint density at radius 2 is 1.54 bits per heavy atom. The van der Waals surface area contributed by atoms with E-state index in [9.17, 15) is 0 Å². The van der Waals surface area contributed by atoms with Crippen LogP contribution >= 0.6 is 24.8 Å². The van der Waals surface area contributed by atoms with Gasteiger partial charge in [-0.15, -0.1) is 24.8 Å². The van der Waals surface area contributed by atoms with Crippen molar-refractivity contribution < 1.29 is 0 Å². The SMILES string of the molecule is CN(C)[C@]1(Cc2ccccc2)CC[C@@H](NC2CCc3ccccc32)CC1.Cl.Cl. The summed E-state index contributed by atoms with van der Waals surface area (Å²) >= 11 is 0. The van der Waals surface area contributed by atoms with E-state index in [0.717, 1.165) is 0 Å². The maximum atomic E-state index is 4.00. The molecule has 0 saturated heterocycles. The summed E-state index contributed by atoms with van der Waals surface area (Å²) in [6.45, 7) is 0. The van der Waals surface area contributed by atoms with Crippen molar-refractivity contribution >= 4 is 24.8 Å². The Kier molecular flexibility index (Phi) is 8.39. The molecular weight excluding hydrogens is 387 g/mol. The van der Waals surface area contributed by atoms with Gasteiger partial charge in [0.05, 0.1) is 0 Å². The number of likely N-dealkylation sites (N-methyl/N-ethyl adjacent to an activating group) is 1. The highest BCUT2D eigenvalue weighted by molar-refractivity contribution is 5.85. The molecule has 2 aliphatic carbocycles. The van der Waals surface area contributed by atoms with E-state index in [0.29, 0.717) is 17.6 Å². The minimum Gasteiger partial charge on any atom is -0.307 e. The number of fused-ring (bicyclic) bond motifs is 1. The minimum absolute atomic E-state index is 0. The van der Waals surface area contributed by atoms with Crippen LogP contribution in [0.3, 0.4) is 0 Å². The molecule has 0 heterocycles. The lowest BCUT2D eigenvalue weighted by molar-refractivity contribution is 0.0851. The van der Waals surface area contributed by atoms with E-state index in [-0.39, 0.29) is 24.8 Å². The zero-order chi connectivity index (χ0) is 18.0. The van der Waals surface area contributed by atoms with Crippen molar-refractivity contribution in [1.82, 2.24) is 10.2 Å². The molecule has 4 heteroatoms. The van der Waals surface area contributed by atoms with Crippen molar-refractivity contribution in [3.63, 3.8) is 0 Å². The van der Waals surface area contributed by atoms with E-state index in [4.69, 9.17) is 0 Å². The molecule has 0 radical (unpaired) electrons. The molecule has 0 aromatic heterocycles. The number of halogens is 2. The number of nitrogens with zero attached hydrogens (tertiary/aromatic N) is 1. The number of nitrogens with one attached hydrogen (secondary N) is 1. The predicted molar refractivity (Wildman–Crippen MR) is 124 cm³/mol. The quantitative estimate of drug-likeness (QED) is 0.677. The monoisotopic (exact) mass is 420 g/mol. The van der Waals surface area contributed by atoms with Gasteiger partial charge in [0.2, 0.25) is 0 Å². The number of rotatable bonds is 5. The van der Waals surface area contributed by atoms with Crippen LogP contribution in [0, 0.1) is 0 Å². The lowest BCUT2D eigenvalue weighted by atomic mass is 9.74. The van der Waals surface area contributed by atoms with Crippen LogP contribution in [0.5, 0.6) is 0 Å². The predicted octanol–water partition coefficient (Wildman–Crippen LogP) is 5.59. The molecule has 1 atom stereocenters. The van der Waals surface area contributed by atoms with Crippen LogP contribution in [0.25, 0.3) is 0 Å². The van der Waals surface area contributed by atoms with E-state index < -0.39 is 0 Å². The minimum atomic E-state index is 0. The molecule has 4 rings (SSSR count). The number of aryl methyl sites for hydroxylation is 1. The highest BCUT2D eigenvalue weighted by Gasteiger charge is 2.38. The molecule has 0 amide bonds. The summed E-state index contributed by atoms with van der Waals surface area (Å²) in [5.74, 6) is 0. The van der Waals surface area contributed by atoms with Crippen LogP contribution in [-0.4, -0.2) is 30.6 Å². The summed E-state index contributed by atoms with van der Waals surface area (Å²) < 4.78 is 0. The van der Waals surface area contributed by atoms with Gasteiger partial charge in [-0.05, 0) is 75.7 Å². The van der Waals surface area contributed by atoms with Crippen LogP contribution in [0.2, 0.25) is 0 Å². The Bertz CT molecular complexity index is 724. The maximum Gasteiger partial charge on any atom is 0.0328 e. The molecule has 2 nitrogen and oxygen atoms in total. The van der Waals surface area contributed by atoms with Gasteiger partial charge in [0.25, 0.3) is 0 Å². The molecule has 0 spiro atoms. The van der Waals surface area contributed by atoms with Gasteiger partial charge in [-0.25, -0.2) is 0 Å². The molecule has 2 aromatic rings. The lowest BCUT2D eigenvalue weighted by Gasteiger charge is -2.46. The second-order valence-corrected chi connectivity index (χ2v) is 8.51. The molecule has 0 bridgehead atoms. The van der Waals surface area contributed by atoms with Crippen LogP contribution in [-0.2, 0) is 12.8 Å². The van der Waals surface area contributed by atoms with Gasteiger partial charge in [0.15, 0.2) is 0 Å². The number of benzene rings is 2. The summed E-state index contributed by atoms with van der Waals surface area (Å²) in [7, 11) is 4.54. The number of hydrogen-bond donors (Lipinski definition) is 1. The van der Waals surface area contributed by atoms with Gasteiger partial charge < -0.3 is 10.2 Å². The molecule has 28 heavy (non-hydrogen) atoms. The number of hydrogen-bond acceptors (Lipinski definition) is 2. The fourth-order valence-electron chi connectivity index (χ4n) is 5.09. The van der Waals surface area contributed by atoms with E-state index in [1.807, 2.05) is 0 Å². The van der Waals surface area contributed by atoms with Gasteiger partial charge in [-0.3, -0.25) is 0 Å². The lowest BCUT2D eigenvalue weighted by Crippen LogP contribution is -2.51. The third-order valence-corrected chi connectivity index (χ3v) is 6.81. The van der Waals surface area contributed by atoms with Crippen molar-refractivity contribution in [2.75, 3.05) is 14.1 Å². The average Bonchev–Trinajstić information content (AvgIpc) is 3.07. The van der Waals surface area contributed by atoms with Crippen LogP contribution in [0.15, 0.2) is 54.6 Å². The smallest absolute Gasteiger partial charge is 0.0328 e. The topological polar surface area (TPSA) is 15.3 Å². The van der Waals surface area contributed by atoms with Crippen molar-refractivity contribution in [3.05, 3.63) is 71.3 Å². The van der Waals surface area contributed by atoms with Gasteiger partial charge in [0, 0.05) is 17.6 Å². The van der Waals surface area contributed by atoms with Crippen molar-refractivity contribution in [2.45, 2.75) is 62.6 Å². The van der Waals surface area contributed by atoms with Gasteiger partial charge in [-0.1, -0.05) is 54.6 Å². The van der Waals surface area contributed by atoms with Crippen molar-refractivity contribution in [3.8, 4) is 0 Å². The van der Waals surface area contributed by atoms with Gasteiger partial charge >= 0.3 is 0 Å². The molecule has 0 aliphatic heterocycles. The average molecular weight is 421 g/mol. The Balaban J connectivity index is 0.00000140. The molecule has 2 aliphatic rings. The molecule has 1 N–H and O–H groups in total. The molecule has 1 unspecified atom stereocenters. The normalized spacial score (nSPS) is 26.2. The highest BCUT2D eigenvalue weighted by atomic mass is 35.5. The zero-order valence-corrected chi connectivity index (χ0v) is 18.7. The van der Waals surface area contributed by atoms with E-state index in [2.05, 4.69) is 78.9 Å². The fourth-order valence-corrected chi connectivity index (χ4v) is 5.09. The molecule has 1 fully saturated rings. The Morgan fingerprint density at radius 1 is 0.893 bits per heavy atom. The second-order valence-electron chi connectivity index (χ2n) is 8.51. The summed E-state index contributed by atoms with van der Waals surface area (Å²) in [5, 5.41) is 4.00. The van der Waals surface area contributed by atoms with Crippen LogP contribution in [0.4, 0.5) is 0 Å². The second kappa shape index (κ2) is 10.1. The van der Waals surface area contributed by atoms with Crippen molar-refractivity contribution in [2.24, 2.45) is 0 Å². The summed E-state index contributed by atoms with van der Waals surface area (Å²) in [5.41, 5.74) is 4.87. The first kappa shape index (κ1) is 23.2. The zero-order valence-electron chi connectivity index (χ0n) is 17.1. The van der Waals surface area contributed by atoms with E-state index in [1.165, 1.54) is 50.5 Å². The summed E-state index contributed by atoms with van der Waals surface area (Å²) in [4.78, 5) is 2.49. The first-order valence-electron chi connectivity index (χ1n) is 10.2. The molecular formula is C24H34Cl2N2. The Morgan fingerprint density at radius 3 is 2.21 bits per heavy atom. The van der Waals surface area contributed by atoms with Gasteiger partial charge in [-0.2, -0.15) is 0 Å². The Hall–Kier alpha value is -1.06. The Labute approximate surface area is 182 Å². The van der Waals surface area contributed by atoms with Crippen LogP contribution < -0.4 is 5.32 Å². The standard InChI is InChI=1S/C24H32N2.2ClH/c1-26(2)24(18-19-8-4-3-5-9-19)16-14-21(15-17-24)25-23-13-12-20-10-6-7-11-22(20)23;;/h3-11,21,23,25H,12-18H2,1-2H3;2*1H/t21-,23?,24-;;. The van der Waals surface area contributed by atoms with Crippen molar-refractivity contribution in [1.29, 1.82) is 0 Å². The van der Waals surface area contributed by atoms with Gasteiger partial charge in [0.1, 0.15) is 0 Å². The molecule has 1 saturated carbocycles. The summed E-state index contributed by atoms with van der Waals surface area (Å²) in [6.07, 6.45) is 8.78. The first-order chi connectivity index (χ1) is 12.7. The third-order valence-electron chi connectivity index (χ3n) is 6.81. The highest BCUT2D eigenvalue weighted by Crippen LogP contribution is 2.38. The maximum absolute atomic E-state index is 4.00. The summed E-state index contributed by atoms with van der Waals surface area (Å²) in [6, 6.07) is 21.2. The molecule has 154 valence electrons. The third kappa shape index (κ3) is 4.91. The van der Waals surface area contributed by atoms with E-state index in [1.54, 1.807) is 11.1 Å².